The SMILES string of the molecule is COc1cc(C=O)cc2c1OC(C)C(=O)N2Cc1ccc(F)cc1. The van der Waals surface area contributed by atoms with E-state index < -0.39 is 6.10 Å². The molecule has 0 N–H and O–H groups in total. The van der Waals surface area contributed by atoms with Crippen molar-refractivity contribution in [3.8, 4) is 11.5 Å². The number of carbonyl (C=O) groups excluding carboxylic acids is 2. The summed E-state index contributed by atoms with van der Waals surface area (Å²) in [5, 5.41) is 0. The third kappa shape index (κ3) is 2.82. The summed E-state index contributed by atoms with van der Waals surface area (Å²) in [5.74, 6) is 0.220. The van der Waals surface area contributed by atoms with Crippen molar-refractivity contribution >= 4 is 17.9 Å². The predicted molar refractivity (Wildman–Crippen MR) is 86.1 cm³/mol. The fourth-order valence-electron chi connectivity index (χ4n) is 2.65. The number of methoxy groups -OCH3 is 1. The minimum Gasteiger partial charge on any atom is -0.493 e. The van der Waals surface area contributed by atoms with Gasteiger partial charge in [0.25, 0.3) is 5.91 Å². The van der Waals surface area contributed by atoms with Crippen LogP contribution in [0.2, 0.25) is 0 Å². The largest absolute Gasteiger partial charge is 0.493 e. The zero-order chi connectivity index (χ0) is 17.3. The van der Waals surface area contributed by atoms with Gasteiger partial charge in [-0.05, 0) is 36.8 Å². The van der Waals surface area contributed by atoms with Gasteiger partial charge in [-0.3, -0.25) is 9.59 Å². The van der Waals surface area contributed by atoms with Crippen molar-refractivity contribution in [3.63, 3.8) is 0 Å². The third-order valence-corrected chi connectivity index (χ3v) is 3.87. The number of hydrogen-bond acceptors (Lipinski definition) is 4. The van der Waals surface area contributed by atoms with Crippen LogP contribution in [-0.4, -0.2) is 25.4 Å². The van der Waals surface area contributed by atoms with E-state index in [0.717, 1.165) is 5.56 Å². The standard InChI is InChI=1S/C18H16FNO4/c1-11-18(22)20(9-12-3-5-14(19)6-4-12)15-7-13(10-21)8-16(23-2)17(15)24-11/h3-8,10-11H,9H2,1-2H3. The van der Waals surface area contributed by atoms with E-state index in [4.69, 9.17) is 9.47 Å². The molecule has 1 aliphatic rings. The molecule has 0 spiro atoms. The summed E-state index contributed by atoms with van der Waals surface area (Å²) in [6, 6.07) is 9.05. The molecule has 0 saturated heterocycles. The van der Waals surface area contributed by atoms with Gasteiger partial charge < -0.3 is 14.4 Å². The number of rotatable bonds is 4. The van der Waals surface area contributed by atoms with E-state index in [1.165, 1.54) is 24.1 Å². The molecule has 124 valence electrons. The van der Waals surface area contributed by atoms with E-state index in [1.807, 2.05) is 0 Å². The Morgan fingerprint density at radius 1 is 1.29 bits per heavy atom. The zero-order valence-electron chi connectivity index (χ0n) is 13.3. The van der Waals surface area contributed by atoms with Gasteiger partial charge in [0.15, 0.2) is 17.6 Å². The molecule has 1 atom stereocenters. The molecule has 0 fully saturated rings. The highest BCUT2D eigenvalue weighted by molar-refractivity contribution is 6.01. The Morgan fingerprint density at radius 2 is 2.00 bits per heavy atom. The first kappa shape index (κ1) is 16.0. The maximum absolute atomic E-state index is 13.1. The number of anilines is 1. The van der Waals surface area contributed by atoms with Crippen LogP contribution in [0.15, 0.2) is 36.4 Å². The lowest BCUT2D eigenvalue weighted by Crippen LogP contribution is -2.44. The molecule has 2 aromatic rings. The fraction of sp³-hybridized carbons (Fsp3) is 0.222. The lowest BCUT2D eigenvalue weighted by Gasteiger charge is -2.34. The van der Waals surface area contributed by atoms with Crippen molar-refractivity contribution in [1.29, 1.82) is 0 Å². The van der Waals surface area contributed by atoms with Crippen LogP contribution < -0.4 is 14.4 Å². The second-order valence-corrected chi connectivity index (χ2v) is 5.50. The maximum atomic E-state index is 13.1. The van der Waals surface area contributed by atoms with Crippen molar-refractivity contribution in [2.24, 2.45) is 0 Å². The highest BCUT2D eigenvalue weighted by Gasteiger charge is 2.34. The highest BCUT2D eigenvalue weighted by atomic mass is 19.1. The number of carbonyl (C=O) groups is 2. The molecule has 0 aromatic heterocycles. The van der Waals surface area contributed by atoms with Gasteiger partial charge in [-0.2, -0.15) is 0 Å². The normalized spacial score (nSPS) is 16.4. The Balaban J connectivity index is 2.07. The van der Waals surface area contributed by atoms with E-state index in [2.05, 4.69) is 0 Å². The minimum absolute atomic E-state index is 0.239. The Bertz CT molecular complexity index is 788. The summed E-state index contributed by atoms with van der Waals surface area (Å²) < 4.78 is 24.0. The molecule has 2 aromatic carbocycles. The molecule has 0 bridgehead atoms. The zero-order valence-corrected chi connectivity index (χ0v) is 13.3. The van der Waals surface area contributed by atoms with Crippen molar-refractivity contribution in [1.82, 2.24) is 0 Å². The van der Waals surface area contributed by atoms with Gasteiger partial charge in [-0.25, -0.2) is 4.39 Å². The third-order valence-electron chi connectivity index (χ3n) is 3.87. The first-order chi connectivity index (χ1) is 11.5. The average Bonchev–Trinajstić information content (AvgIpc) is 2.60. The lowest BCUT2D eigenvalue weighted by molar-refractivity contribution is -0.125. The van der Waals surface area contributed by atoms with E-state index in [9.17, 15) is 14.0 Å². The van der Waals surface area contributed by atoms with Gasteiger partial charge in [0.2, 0.25) is 0 Å². The molecule has 0 saturated carbocycles. The van der Waals surface area contributed by atoms with Crippen LogP contribution in [0.1, 0.15) is 22.8 Å². The minimum atomic E-state index is -0.686. The number of aldehydes is 1. The highest BCUT2D eigenvalue weighted by Crippen LogP contribution is 2.43. The number of amides is 1. The molecule has 1 aliphatic heterocycles. The Hall–Kier alpha value is -2.89. The van der Waals surface area contributed by atoms with Crippen LogP contribution in [-0.2, 0) is 11.3 Å². The van der Waals surface area contributed by atoms with E-state index in [1.54, 1.807) is 31.2 Å². The van der Waals surface area contributed by atoms with E-state index >= 15 is 0 Å². The van der Waals surface area contributed by atoms with Crippen LogP contribution in [0.3, 0.4) is 0 Å². The second-order valence-electron chi connectivity index (χ2n) is 5.50. The molecule has 1 heterocycles. The monoisotopic (exact) mass is 329 g/mol. The van der Waals surface area contributed by atoms with Gasteiger partial charge in [0, 0.05) is 5.56 Å². The number of fused-ring (bicyclic) bond motifs is 1. The summed E-state index contributed by atoms with van der Waals surface area (Å²) >= 11 is 0. The Morgan fingerprint density at radius 3 is 2.62 bits per heavy atom. The van der Waals surface area contributed by atoms with Crippen LogP contribution in [0.25, 0.3) is 0 Å². The molecule has 3 rings (SSSR count). The summed E-state index contributed by atoms with van der Waals surface area (Å²) in [6.07, 6.45) is -0.00425. The van der Waals surface area contributed by atoms with Gasteiger partial charge in [0.1, 0.15) is 12.1 Å². The Labute approximate surface area is 138 Å². The summed E-state index contributed by atoms with van der Waals surface area (Å²) in [5.41, 5.74) is 1.60. The van der Waals surface area contributed by atoms with E-state index in [-0.39, 0.29) is 18.3 Å². The molecule has 1 unspecified atom stereocenters. The number of nitrogens with zero attached hydrogens (tertiary/aromatic N) is 1. The number of halogens is 1. The molecule has 6 heteroatoms. The summed E-state index contributed by atoms with van der Waals surface area (Å²) in [4.78, 5) is 25.2. The summed E-state index contributed by atoms with van der Waals surface area (Å²) in [7, 11) is 1.47. The molecular formula is C18H16FNO4. The summed E-state index contributed by atoms with van der Waals surface area (Å²) in [6.45, 7) is 1.89. The molecule has 24 heavy (non-hydrogen) atoms. The van der Waals surface area contributed by atoms with Crippen molar-refractivity contribution in [3.05, 3.63) is 53.3 Å². The predicted octanol–water partition coefficient (Wildman–Crippen LogP) is 2.96. The van der Waals surface area contributed by atoms with Gasteiger partial charge in [-0.1, -0.05) is 12.1 Å². The van der Waals surface area contributed by atoms with Gasteiger partial charge >= 0.3 is 0 Å². The van der Waals surface area contributed by atoms with Crippen LogP contribution in [0, 0.1) is 5.82 Å². The molecule has 1 amide bonds. The molecular weight excluding hydrogens is 313 g/mol. The first-order valence-electron chi connectivity index (χ1n) is 7.43. The van der Waals surface area contributed by atoms with Crippen molar-refractivity contribution < 1.29 is 23.5 Å². The van der Waals surface area contributed by atoms with Crippen LogP contribution >= 0.6 is 0 Å². The van der Waals surface area contributed by atoms with Crippen molar-refractivity contribution in [2.75, 3.05) is 12.0 Å². The molecule has 0 radical (unpaired) electrons. The van der Waals surface area contributed by atoms with Gasteiger partial charge in [-0.15, -0.1) is 0 Å². The Kier molecular flexibility index (Phi) is 4.20. The second kappa shape index (κ2) is 6.31. The fourth-order valence-corrected chi connectivity index (χ4v) is 2.65. The topological polar surface area (TPSA) is 55.8 Å². The number of benzene rings is 2. The first-order valence-corrected chi connectivity index (χ1v) is 7.43. The lowest BCUT2D eigenvalue weighted by atomic mass is 10.1. The maximum Gasteiger partial charge on any atom is 0.268 e. The molecule has 0 aliphatic carbocycles. The van der Waals surface area contributed by atoms with E-state index in [0.29, 0.717) is 29.0 Å². The number of hydrogen-bond donors (Lipinski definition) is 0. The van der Waals surface area contributed by atoms with Crippen LogP contribution in [0.5, 0.6) is 11.5 Å². The molecule has 5 nitrogen and oxygen atoms in total. The van der Waals surface area contributed by atoms with Crippen LogP contribution in [0.4, 0.5) is 10.1 Å². The average molecular weight is 329 g/mol. The number of ether oxygens (including phenoxy) is 2. The quantitative estimate of drug-likeness (QED) is 0.809. The smallest absolute Gasteiger partial charge is 0.268 e. The van der Waals surface area contributed by atoms with Crippen molar-refractivity contribution in [2.45, 2.75) is 19.6 Å². The van der Waals surface area contributed by atoms with Gasteiger partial charge in [0.05, 0.1) is 19.3 Å².